The highest BCUT2D eigenvalue weighted by Gasteiger charge is 2.30. The third-order valence-electron chi connectivity index (χ3n) is 3.75. The summed E-state index contributed by atoms with van der Waals surface area (Å²) in [5.41, 5.74) is 0.629. The van der Waals surface area contributed by atoms with E-state index in [9.17, 15) is 23.1 Å². The average molecular weight is 387 g/mol. The van der Waals surface area contributed by atoms with Crippen LogP contribution in [0.15, 0.2) is 72.8 Å². The lowest BCUT2D eigenvalue weighted by atomic mass is 10.2. The molecule has 0 saturated carbocycles. The maximum atomic E-state index is 12.8. The zero-order valence-corrected chi connectivity index (χ0v) is 14.4. The number of aromatic hydroxyl groups is 1. The van der Waals surface area contributed by atoms with Gasteiger partial charge in [0.2, 0.25) is 0 Å². The van der Waals surface area contributed by atoms with Gasteiger partial charge in [-0.05, 0) is 48.5 Å². The molecule has 3 aromatic rings. The molecular formula is C20H16F3N3O2. The number of halogens is 3. The fraction of sp³-hybridized carbons (Fsp3) is 0.0500. The summed E-state index contributed by atoms with van der Waals surface area (Å²) in [5, 5.41) is 17.8. The van der Waals surface area contributed by atoms with Gasteiger partial charge in [-0.2, -0.15) is 13.2 Å². The smallest absolute Gasteiger partial charge is 0.416 e. The number of carbonyl (C=O) groups excluding carboxylic acids is 1. The van der Waals surface area contributed by atoms with E-state index in [-0.39, 0.29) is 17.1 Å². The fourth-order valence-corrected chi connectivity index (χ4v) is 2.46. The second-order valence-electron chi connectivity index (χ2n) is 5.88. The minimum atomic E-state index is -4.51. The molecule has 0 unspecified atom stereocenters. The maximum absolute atomic E-state index is 12.8. The van der Waals surface area contributed by atoms with Crippen LogP contribution >= 0.6 is 0 Å². The lowest BCUT2D eigenvalue weighted by Crippen LogP contribution is -2.20. The summed E-state index contributed by atoms with van der Waals surface area (Å²) in [4.78, 5) is 12.1. The van der Waals surface area contributed by atoms with Gasteiger partial charge in [0.25, 0.3) is 0 Å². The number of hydrogen-bond acceptors (Lipinski definition) is 3. The van der Waals surface area contributed by atoms with E-state index in [0.29, 0.717) is 5.69 Å². The molecule has 0 spiro atoms. The van der Waals surface area contributed by atoms with Crippen molar-refractivity contribution in [3.05, 3.63) is 78.4 Å². The Bertz CT molecular complexity index is 976. The number of hydrogen-bond donors (Lipinski definition) is 4. The molecular weight excluding hydrogens is 371 g/mol. The second-order valence-corrected chi connectivity index (χ2v) is 5.88. The maximum Gasteiger partial charge on any atom is 0.416 e. The highest BCUT2D eigenvalue weighted by Crippen LogP contribution is 2.31. The zero-order valence-electron chi connectivity index (χ0n) is 14.4. The molecule has 0 aromatic heterocycles. The van der Waals surface area contributed by atoms with Crippen molar-refractivity contribution in [1.29, 1.82) is 0 Å². The van der Waals surface area contributed by atoms with Gasteiger partial charge in [-0.1, -0.05) is 24.3 Å². The summed E-state index contributed by atoms with van der Waals surface area (Å²) in [5.74, 6) is -0.183. The van der Waals surface area contributed by atoms with Crippen LogP contribution in [0.5, 0.6) is 5.75 Å². The number of urea groups is 1. The van der Waals surface area contributed by atoms with E-state index < -0.39 is 17.8 Å². The van der Waals surface area contributed by atoms with Crippen LogP contribution in [0.25, 0.3) is 0 Å². The Balaban J connectivity index is 1.71. The van der Waals surface area contributed by atoms with Gasteiger partial charge in [-0.3, -0.25) is 0 Å². The molecule has 2 amide bonds. The van der Waals surface area contributed by atoms with Gasteiger partial charge in [-0.15, -0.1) is 0 Å². The molecule has 0 bridgehead atoms. The topological polar surface area (TPSA) is 73.4 Å². The first-order valence-corrected chi connectivity index (χ1v) is 8.21. The molecule has 0 saturated heterocycles. The van der Waals surface area contributed by atoms with Crippen LogP contribution in [0.1, 0.15) is 5.56 Å². The van der Waals surface area contributed by atoms with E-state index >= 15 is 0 Å². The van der Waals surface area contributed by atoms with E-state index in [0.717, 1.165) is 17.8 Å². The van der Waals surface area contributed by atoms with Crippen molar-refractivity contribution in [2.24, 2.45) is 0 Å². The molecule has 0 fully saturated rings. The predicted octanol–water partition coefficient (Wildman–Crippen LogP) is 5.80. The molecule has 3 aromatic carbocycles. The van der Waals surface area contributed by atoms with Crippen molar-refractivity contribution in [3.63, 3.8) is 0 Å². The molecule has 0 radical (unpaired) electrons. The number of benzene rings is 3. The number of anilines is 4. The molecule has 0 heterocycles. The Morgan fingerprint density at radius 3 is 2.21 bits per heavy atom. The highest BCUT2D eigenvalue weighted by molar-refractivity contribution is 6.01. The van der Waals surface area contributed by atoms with Crippen LogP contribution in [0.4, 0.5) is 40.7 Å². The van der Waals surface area contributed by atoms with Gasteiger partial charge in [-0.25, -0.2) is 4.79 Å². The van der Waals surface area contributed by atoms with Gasteiger partial charge in [0.15, 0.2) is 0 Å². The highest BCUT2D eigenvalue weighted by atomic mass is 19.4. The summed E-state index contributed by atoms with van der Waals surface area (Å²) in [6.07, 6.45) is -4.51. The van der Waals surface area contributed by atoms with Crippen LogP contribution in [-0.4, -0.2) is 11.1 Å². The summed E-state index contributed by atoms with van der Waals surface area (Å²) >= 11 is 0. The lowest BCUT2D eigenvalue weighted by molar-refractivity contribution is -0.137. The fourth-order valence-electron chi connectivity index (χ4n) is 2.46. The van der Waals surface area contributed by atoms with Crippen molar-refractivity contribution in [2.75, 3.05) is 16.0 Å². The van der Waals surface area contributed by atoms with Gasteiger partial charge in [0.05, 0.1) is 11.3 Å². The Morgan fingerprint density at radius 2 is 1.50 bits per heavy atom. The summed E-state index contributed by atoms with van der Waals surface area (Å²) in [6.45, 7) is 0. The Labute approximate surface area is 158 Å². The Morgan fingerprint density at radius 1 is 0.786 bits per heavy atom. The molecule has 144 valence electrons. The standard InChI is InChI=1S/C20H16F3N3O2/c21-20(22,23)13-5-4-8-15(11-13)25-19(28)26-17-12-16(9-10-18(17)27)24-14-6-2-1-3-7-14/h1-12,24,27H,(H2,25,26,28). The van der Waals surface area contributed by atoms with E-state index in [1.54, 1.807) is 6.07 Å². The van der Waals surface area contributed by atoms with Crippen LogP contribution in [0.2, 0.25) is 0 Å². The molecule has 0 atom stereocenters. The Kier molecular flexibility index (Phi) is 5.39. The van der Waals surface area contributed by atoms with E-state index in [2.05, 4.69) is 16.0 Å². The number of para-hydroxylation sites is 1. The van der Waals surface area contributed by atoms with E-state index in [4.69, 9.17) is 0 Å². The van der Waals surface area contributed by atoms with E-state index in [1.165, 1.54) is 24.3 Å². The molecule has 4 N–H and O–H groups in total. The lowest BCUT2D eigenvalue weighted by Gasteiger charge is -2.13. The number of amides is 2. The molecule has 3 rings (SSSR count). The third kappa shape index (κ3) is 4.94. The number of rotatable bonds is 4. The molecule has 5 nitrogen and oxygen atoms in total. The van der Waals surface area contributed by atoms with Gasteiger partial charge in [0, 0.05) is 17.1 Å². The molecule has 0 aliphatic heterocycles. The summed E-state index contributed by atoms with van der Waals surface area (Å²) < 4.78 is 38.3. The molecule has 8 heteroatoms. The molecule has 0 aliphatic rings. The predicted molar refractivity (Wildman–Crippen MR) is 102 cm³/mol. The van der Waals surface area contributed by atoms with Gasteiger partial charge in [0.1, 0.15) is 5.75 Å². The van der Waals surface area contributed by atoms with Crippen molar-refractivity contribution in [2.45, 2.75) is 6.18 Å². The van der Waals surface area contributed by atoms with E-state index in [1.807, 2.05) is 30.3 Å². The second kappa shape index (κ2) is 7.91. The van der Waals surface area contributed by atoms with Crippen LogP contribution in [0.3, 0.4) is 0 Å². The quantitative estimate of drug-likeness (QED) is 0.338. The van der Waals surface area contributed by atoms with Crippen LogP contribution in [0, 0.1) is 0 Å². The SMILES string of the molecule is O=C(Nc1cccc(C(F)(F)F)c1)Nc1cc(Nc2ccccc2)ccc1O. The van der Waals surface area contributed by atoms with Crippen molar-refractivity contribution in [1.82, 2.24) is 0 Å². The minimum absolute atomic E-state index is 0.0228. The number of phenolic OH excluding ortho intramolecular Hbond substituents is 1. The average Bonchev–Trinajstić information content (AvgIpc) is 2.65. The normalized spacial score (nSPS) is 11.0. The largest absolute Gasteiger partial charge is 0.506 e. The zero-order chi connectivity index (χ0) is 20.1. The van der Waals surface area contributed by atoms with Crippen molar-refractivity contribution >= 4 is 28.8 Å². The number of nitrogens with one attached hydrogen (secondary N) is 3. The van der Waals surface area contributed by atoms with Gasteiger partial charge >= 0.3 is 12.2 Å². The summed E-state index contributed by atoms with van der Waals surface area (Å²) in [7, 11) is 0. The third-order valence-corrected chi connectivity index (χ3v) is 3.75. The minimum Gasteiger partial charge on any atom is -0.506 e. The number of carbonyl (C=O) groups is 1. The molecule has 0 aliphatic carbocycles. The van der Waals surface area contributed by atoms with Crippen LogP contribution < -0.4 is 16.0 Å². The van der Waals surface area contributed by atoms with Crippen LogP contribution in [-0.2, 0) is 6.18 Å². The van der Waals surface area contributed by atoms with Crippen molar-refractivity contribution in [3.8, 4) is 5.75 Å². The van der Waals surface area contributed by atoms with Gasteiger partial charge < -0.3 is 21.1 Å². The first kappa shape index (κ1) is 19.1. The summed E-state index contributed by atoms with van der Waals surface area (Å²) in [6, 6.07) is 17.3. The monoisotopic (exact) mass is 387 g/mol. The Hall–Kier alpha value is -3.68. The first-order valence-electron chi connectivity index (χ1n) is 8.21. The molecule has 28 heavy (non-hydrogen) atoms. The van der Waals surface area contributed by atoms with Crippen molar-refractivity contribution < 1.29 is 23.1 Å². The number of alkyl halides is 3. The first-order chi connectivity index (χ1) is 13.3. The number of phenols is 1.